The van der Waals surface area contributed by atoms with Gasteiger partial charge in [0.25, 0.3) is 0 Å². The van der Waals surface area contributed by atoms with Crippen molar-refractivity contribution in [2.45, 2.75) is 54.4 Å². The van der Waals surface area contributed by atoms with Crippen LogP contribution in [0.3, 0.4) is 0 Å². The largest absolute Gasteiger partial charge is 0.0651 e. The molecule has 0 aliphatic heterocycles. The predicted molar refractivity (Wildman–Crippen MR) is 64.2 cm³/mol. The molecule has 0 N–H and O–H groups in total. The van der Waals surface area contributed by atoms with Crippen LogP contribution in [0.1, 0.15) is 54.4 Å². The van der Waals surface area contributed by atoms with Gasteiger partial charge in [0, 0.05) is 0 Å². The second-order valence-corrected chi connectivity index (χ2v) is 5.88. The molecule has 0 amide bonds. The van der Waals surface area contributed by atoms with Crippen molar-refractivity contribution in [1.82, 2.24) is 0 Å². The summed E-state index contributed by atoms with van der Waals surface area (Å²) in [6, 6.07) is 0. The first-order chi connectivity index (χ1) is 6.49. The van der Waals surface area contributed by atoms with E-state index in [1.807, 2.05) is 0 Å². The third-order valence-electron chi connectivity index (χ3n) is 4.88. The van der Waals surface area contributed by atoms with Crippen LogP contribution in [0, 0.1) is 35.5 Å². The molecule has 1 aliphatic carbocycles. The third-order valence-corrected chi connectivity index (χ3v) is 4.88. The molecule has 1 saturated carbocycles. The normalized spacial score (nSPS) is 37.7. The Balaban J connectivity index is 2.34. The first-order valence-electron chi connectivity index (χ1n) is 6.49. The Morgan fingerprint density at radius 3 is 1.86 bits per heavy atom. The van der Waals surface area contributed by atoms with Gasteiger partial charge in [-0.05, 0) is 41.9 Å². The molecule has 0 heteroatoms. The highest BCUT2D eigenvalue weighted by atomic mass is 14.5. The smallest absolute Gasteiger partial charge is 0.0329 e. The molecule has 5 unspecified atom stereocenters. The Kier molecular flexibility index (Phi) is 4.04. The molecule has 0 aromatic heterocycles. The van der Waals surface area contributed by atoms with Gasteiger partial charge in [0.05, 0.1) is 0 Å². The van der Waals surface area contributed by atoms with Gasteiger partial charge >= 0.3 is 0 Å². The zero-order chi connectivity index (χ0) is 10.9. The second-order valence-electron chi connectivity index (χ2n) is 5.88. The highest BCUT2D eigenvalue weighted by Crippen LogP contribution is 2.52. The Morgan fingerprint density at radius 1 is 1.00 bits per heavy atom. The highest BCUT2D eigenvalue weighted by molar-refractivity contribution is 4.95. The van der Waals surface area contributed by atoms with Crippen LogP contribution in [0.5, 0.6) is 0 Å². The quantitative estimate of drug-likeness (QED) is 0.603. The van der Waals surface area contributed by atoms with Gasteiger partial charge < -0.3 is 0 Å². The molecule has 0 radical (unpaired) electrons. The predicted octanol–water partition coefficient (Wildman–Crippen LogP) is 4.60. The minimum absolute atomic E-state index is 0.914. The molecule has 84 valence electrons. The summed E-state index contributed by atoms with van der Waals surface area (Å²) < 4.78 is 0. The molecule has 0 nitrogen and oxygen atoms in total. The lowest BCUT2D eigenvalue weighted by Gasteiger charge is -2.23. The summed E-state index contributed by atoms with van der Waals surface area (Å²) in [4.78, 5) is 0. The summed E-state index contributed by atoms with van der Waals surface area (Å²) >= 11 is 0. The van der Waals surface area contributed by atoms with Crippen LogP contribution in [-0.4, -0.2) is 0 Å². The lowest BCUT2D eigenvalue weighted by Crippen LogP contribution is -2.14. The molecule has 5 atom stereocenters. The van der Waals surface area contributed by atoms with Crippen LogP contribution in [0.15, 0.2) is 0 Å². The maximum Gasteiger partial charge on any atom is -0.0329 e. The summed E-state index contributed by atoms with van der Waals surface area (Å²) in [5.74, 6) is 5.77. The molecule has 0 spiro atoms. The topological polar surface area (TPSA) is 0 Å². The van der Waals surface area contributed by atoms with Gasteiger partial charge in [0.15, 0.2) is 0 Å². The molecule has 0 heterocycles. The highest BCUT2D eigenvalue weighted by Gasteiger charge is 2.47. The molecule has 1 rings (SSSR count). The zero-order valence-corrected chi connectivity index (χ0v) is 10.9. The van der Waals surface area contributed by atoms with Gasteiger partial charge in [-0.2, -0.15) is 0 Å². The SMILES string of the molecule is CCC(C)CC(C)C(C)C1C(C)C1C. The van der Waals surface area contributed by atoms with Crippen molar-refractivity contribution in [2.24, 2.45) is 35.5 Å². The maximum atomic E-state index is 2.47. The van der Waals surface area contributed by atoms with Crippen LogP contribution >= 0.6 is 0 Å². The van der Waals surface area contributed by atoms with Gasteiger partial charge in [0.1, 0.15) is 0 Å². The van der Waals surface area contributed by atoms with E-state index >= 15 is 0 Å². The molecule has 0 aromatic carbocycles. The summed E-state index contributed by atoms with van der Waals surface area (Å²) in [5, 5.41) is 0. The van der Waals surface area contributed by atoms with Crippen molar-refractivity contribution in [2.75, 3.05) is 0 Å². The zero-order valence-electron chi connectivity index (χ0n) is 10.9. The van der Waals surface area contributed by atoms with Gasteiger partial charge in [-0.25, -0.2) is 0 Å². The lowest BCUT2D eigenvalue weighted by molar-refractivity contribution is 0.271. The number of hydrogen-bond donors (Lipinski definition) is 0. The molecule has 0 aromatic rings. The summed E-state index contributed by atoms with van der Waals surface area (Å²) in [6.07, 6.45) is 2.76. The fraction of sp³-hybridized carbons (Fsp3) is 1.00. The molecule has 0 bridgehead atoms. The van der Waals surface area contributed by atoms with Crippen molar-refractivity contribution in [3.63, 3.8) is 0 Å². The molecular weight excluding hydrogens is 168 g/mol. The first kappa shape index (κ1) is 12.1. The van der Waals surface area contributed by atoms with Crippen LogP contribution in [0.2, 0.25) is 0 Å². The van der Waals surface area contributed by atoms with Crippen LogP contribution < -0.4 is 0 Å². The van der Waals surface area contributed by atoms with E-state index in [2.05, 4.69) is 41.5 Å². The fourth-order valence-electron chi connectivity index (χ4n) is 3.05. The minimum atomic E-state index is 0.914. The molecule has 0 saturated heterocycles. The van der Waals surface area contributed by atoms with E-state index in [1.54, 1.807) is 0 Å². The van der Waals surface area contributed by atoms with E-state index in [9.17, 15) is 0 Å². The van der Waals surface area contributed by atoms with Gasteiger partial charge in [-0.3, -0.25) is 0 Å². The summed E-state index contributed by atoms with van der Waals surface area (Å²) in [7, 11) is 0. The monoisotopic (exact) mass is 196 g/mol. The molecule has 1 fully saturated rings. The molecule has 14 heavy (non-hydrogen) atoms. The fourth-order valence-corrected chi connectivity index (χ4v) is 3.05. The van der Waals surface area contributed by atoms with E-state index in [0.29, 0.717) is 0 Å². The number of rotatable bonds is 5. The third kappa shape index (κ3) is 2.52. The maximum absolute atomic E-state index is 2.47. The Hall–Kier alpha value is 0. The van der Waals surface area contributed by atoms with Crippen molar-refractivity contribution in [3.8, 4) is 0 Å². The Labute approximate surface area is 90.5 Å². The summed E-state index contributed by atoms with van der Waals surface area (Å²) in [6.45, 7) is 14.5. The second kappa shape index (κ2) is 4.68. The lowest BCUT2D eigenvalue weighted by atomic mass is 9.83. The minimum Gasteiger partial charge on any atom is -0.0651 e. The van der Waals surface area contributed by atoms with Crippen molar-refractivity contribution >= 4 is 0 Å². The Bertz CT molecular complexity index is 165. The van der Waals surface area contributed by atoms with E-state index < -0.39 is 0 Å². The number of hydrogen-bond acceptors (Lipinski definition) is 0. The molecular formula is C14H28. The van der Waals surface area contributed by atoms with Crippen LogP contribution in [-0.2, 0) is 0 Å². The summed E-state index contributed by atoms with van der Waals surface area (Å²) in [5.41, 5.74) is 0. The Morgan fingerprint density at radius 2 is 1.50 bits per heavy atom. The average molecular weight is 196 g/mol. The van der Waals surface area contributed by atoms with Crippen LogP contribution in [0.4, 0.5) is 0 Å². The van der Waals surface area contributed by atoms with Gasteiger partial charge in [-0.1, -0.05) is 48.0 Å². The molecule has 1 aliphatic rings. The van der Waals surface area contributed by atoms with Gasteiger partial charge in [-0.15, -0.1) is 0 Å². The standard InChI is InChI=1S/C14H28/c1-7-9(2)8-10(3)11(4)14-12(5)13(14)6/h9-14H,7-8H2,1-6H3. The van der Waals surface area contributed by atoms with Crippen molar-refractivity contribution < 1.29 is 0 Å². The van der Waals surface area contributed by atoms with E-state index in [0.717, 1.165) is 35.5 Å². The van der Waals surface area contributed by atoms with Crippen LogP contribution in [0.25, 0.3) is 0 Å². The van der Waals surface area contributed by atoms with Gasteiger partial charge in [0.2, 0.25) is 0 Å². The average Bonchev–Trinajstić information content (AvgIpc) is 2.73. The van der Waals surface area contributed by atoms with E-state index in [1.165, 1.54) is 12.8 Å². The first-order valence-corrected chi connectivity index (χ1v) is 6.49. The van der Waals surface area contributed by atoms with E-state index in [-0.39, 0.29) is 0 Å². The van der Waals surface area contributed by atoms with Crippen molar-refractivity contribution in [1.29, 1.82) is 0 Å². The van der Waals surface area contributed by atoms with E-state index in [4.69, 9.17) is 0 Å². The van der Waals surface area contributed by atoms with Crippen molar-refractivity contribution in [3.05, 3.63) is 0 Å².